The molecule has 1 aromatic carbocycles. The van der Waals surface area contributed by atoms with Gasteiger partial charge in [0.2, 0.25) is 15.9 Å². The van der Waals surface area contributed by atoms with Crippen molar-refractivity contribution < 1.29 is 13.2 Å². The normalized spacial score (nSPS) is 11.6. The van der Waals surface area contributed by atoms with E-state index in [1.807, 2.05) is 6.92 Å². The molecular weight excluding hydrogens is 292 g/mol. The molecule has 0 unspecified atom stereocenters. The summed E-state index contributed by atoms with van der Waals surface area (Å²) < 4.78 is 33.6. The number of hydrogen-bond acceptors (Lipinski definition) is 5. The Labute approximate surface area is 123 Å². The molecule has 0 aliphatic carbocycles. The Morgan fingerprint density at radius 2 is 2.10 bits per heavy atom. The molecule has 2 rings (SSSR count). The highest BCUT2D eigenvalue weighted by molar-refractivity contribution is 7.89. The summed E-state index contributed by atoms with van der Waals surface area (Å²) in [5, 5.41) is 4.16. The first kappa shape index (κ1) is 15.3. The van der Waals surface area contributed by atoms with Gasteiger partial charge in [0.25, 0.3) is 0 Å². The number of hydrogen-bond donors (Lipinski definition) is 2. The van der Waals surface area contributed by atoms with Crippen molar-refractivity contribution in [1.82, 2.24) is 14.5 Å². The summed E-state index contributed by atoms with van der Waals surface area (Å²) in [5.74, 6) is 0.758. The number of rotatable bonds is 5. The lowest BCUT2D eigenvalue weighted by Gasteiger charge is -2.11. The number of nitrogens with zero attached hydrogens (tertiary/aromatic N) is 2. The number of aryl methyl sites for hydroxylation is 2. The first-order chi connectivity index (χ1) is 9.83. The third-order valence-corrected chi connectivity index (χ3v) is 4.35. The minimum absolute atomic E-state index is 0.104. The van der Waals surface area contributed by atoms with E-state index in [0.717, 1.165) is 5.69 Å². The first-order valence-electron chi connectivity index (χ1n) is 6.41. The predicted molar refractivity (Wildman–Crippen MR) is 79.7 cm³/mol. The average Bonchev–Trinajstić information content (AvgIpc) is 2.70. The molecule has 8 heteroatoms. The lowest BCUT2D eigenvalue weighted by atomic mass is 10.3. The Morgan fingerprint density at radius 1 is 1.38 bits per heavy atom. The van der Waals surface area contributed by atoms with Crippen LogP contribution in [0, 0.1) is 6.92 Å². The summed E-state index contributed by atoms with van der Waals surface area (Å²) in [6.07, 6.45) is 0. The summed E-state index contributed by atoms with van der Waals surface area (Å²) >= 11 is 0. The van der Waals surface area contributed by atoms with Crippen LogP contribution in [0.25, 0.3) is 0 Å². The summed E-state index contributed by atoms with van der Waals surface area (Å²) in [6.45, 7) is 3.86. The molecule has 2 aromatic rings. The van der Waals surface area contributed by atoms with Crippen molar-refractivity contribution in [1.29, 1.82) is 0 Å². The maximum absolute atomic E-state index is 12.0. The Morgan fingerprint density at radius 3 is 2.67 bits per heavy atom. The molecular formula is C13H18N4O3S. The van der Waals surface area contributed by atoms with Gasteiger partial charge in [0, 0.05) is 25.7 Å². The van der Waals surface area contributed by atoms with Gasteiger partial charge >= 0.3 is 0 Å². The van der Waals surface area contributed by atoms with Crippen LogP contribution in [0.3, 0.4) is 0 Å². The van der Waals surface area contributed by atoms with Crippen molar-refractivity contribution in [3.63, 3.8) is 0 Å². The molecule has 3 N–H and O–H groups in total. The molecule has 0 aliphatic heterocycles. The number of benzene rings is 1. The zero-order chi connectivity index (χ0) is 15.6. The maximum atomic E-state index is 12.0. The van der Waals surface area contributed by atoms with Crippen molar-refractivity contribution in [2.24, 2.45) is 7.05 Å². The molecule has 0 bridgehead atoms. The van der Waals surface area contributed by atoms with Gasteiger partial charge < -0.3 is 10.5 Å². The van der Waals surface area contributed by atoms with Gasteiger partial charge in [-0.05, 0) is 19.1 Å². The van der Waals surface area contributed by atoms with Gasteiger partial charge in [-0.2, -0.15) is 5.10 Å². The molecule has 21 heavy (non-hydrogen) atoms. The topological polar surface area (TPSA) is 99.2 Å². The zero-order valence-corrected chi connectivity index (χ0v) is 12.9. The van der Waals surface area contributed by atoms with Crippen molar-refractivity contribution in [2.45, 2.75) is 18.7 Å². The molecule has 0 atom stereocenters. The van der Waals surface area contributed by atoms with Gasteiger partial charge in [0.15, 0.2) is 5.75 Å². The van der Waals surface area contributed by atoms with Gasteiger partial charge in [0.05, 0.1) is 16.3 Å². The lowest BCUT2D eigenvalue weighted by Crippen LogP contribution is -2.23. The molecule has 0 radical (unpaired) electrons. The van der Waals surface area contributed by atoms with E-state index in [9.17, 15) is 8.42 Å². The van der Waals surface area contributed by atoms with Crippen molar-refractivity contribution in [3.05, 3.63) is 30.0 Å². The molecule has 0 aliphatic rings. The second kappa shape index (κ2) is 5.74. The highest BCUT2D eigenvalue weighted by Crippen LogP contribution is 2.30. The van der Waals surface area contributed by atoms with Crippen LogP contribution < -0.4 is 15.2 Å². The van der Waals surface area contributed by atoms with Crippen LogP contribution in [-0.2, 0) is 17.1 Å². The Bertz CT molecular complexity index is 753. The molecule has 114 valence electrons. The van der Waals surface area contributed by atoms with Crippen LogP contribution in [-0.4, -0.2) is 24.7 Å². The quantitative estimate of drug-likeness (QED) is 0.813. The smallest absolute Gasteiger partial charge is 0.240 e. The van der Waals surface area contributed by atoms with E-state index < -0.39 is 10.0 Å². The minimum Gasteiger partial charge on any atom is -0.437 e. The highest BCUT2D eigenvalue weighted by atomic mass is 32.2. The predicted octanol–water partition coefficient (Wildman–Crippen LogP) is 1.40. The van der Waals surface area contributed by atoms with E-state index in [1.165, 1.54) is 18.2 Å². The Kier molecular flexibility index (Phi) is 4.19. The van der Waals surface area contributed by atoms with Crippen LogP contribution >= 0.6 is 0 Å². The lowest BCUT2D eigenvalue weighted by molar-refractivity contribution is 0.431. The van der Waals surface area contributed by atoms with Crippen molar-refractivity contribution in [2.75, 3.05) is 12.3 Å². The molecule has 0 saturated carbocycles. The van der Waals surface area contributed by atoms with Gasteiger partial charge in [0.1, 0.15) is 0 Å². The van der Waals surface area contributed by atoms with E-state index in [-0.39, 0.29) is 10.6 Å². The molecule has 0 spiro atoms. The third kappa shape index (κ3) is 3.34. The van der Waals surface area contributed by atoms with E-state index >= 15 is 0 Å². The van der Waals surface area contributed by atoms with Gasteiger partial charge in [-0.3, -0.25) is 0 Å². The van der Waals surface area contributed by atoms with Crippen LogP contribution in [0.5, 0.6) is 11.6 Å². The van der Waals surface area contributed by atoms with Gasteiger partial charge in [-0.25, -0.2) is 17.8 Å². The minimum atomic E-state index is -3.55. The van der Waals surface area contributed by atoms with Crippen molar-refractivity contribution in [3.8, 4) is 11.6 Å². The standard InChI is InChI=1S/C13H18N4O3S/c1-4-15-21(18,19)10-5-6-11(14)12(8-10)20-13-7-9(2)16-17(13)3/h5-8,15H,4,14H2,1-3H3. The van der Waals surface area contributed by atoms with Crippen LogP contribution in [0.1, 0.15) is 12.6 Å². The number of anilines is 1. The summed E-state index contributed by atoms with van der Waals surface area (Å²) in [5.41, 5.74) is 6.99. The van der Waals surface area contributed by atoms with Gasteiger partial charge in [-0.15, -0.1) is 0 Å². The van der Waals surface area contributed by atoms with Crippen LogP contribution in [0.2, 0.25) is 0 Å². The van der Waals surface area contributed by atoms with Crippen LogP contribution in [0.4, 0.5) is 5.69 Å². The molecule has 0 amide bonds. The largest absolute Gasteiger partial charge is 0.437 e. The molecule has 7 nitrogen and oxygen atoms in total. The molecule has 1 heterocycles. The van der Waals surface area contributed by atoms with Gasteiger partial charge in [-0.1, -0.05) is 6.92 Å². The first-order valence-corrected chi connectivity index (χ1v) is 7.89. The highest BCUT2D eigenvalue weighted by Gasteiger charge is 2.16. The Balaban J connectivity index is 2.38. The van der Waals surface area contributed by atoms with E-state index in [1.54, 1.807) is 24.7 Å². The second-order valence-corrected chi connectivity index (χ2v) is 6.32. The number of nitrogen functional groups attached to an aromatic ring is 1. The SMILES string of the molecule is CCNS(=O)(=O)c1ccc(N)c(Oc2cc(C)nn2C)c1. The average molecular weight is 310 g/mol. The zero-order valence-electron chi connectivity index (χ0n) is 12.1. The van der Waals surface area contributed by atoms with E-state index in [2.05, 4.69) is 9.82 Å². The fourth-order valence-electron chi connectivity index (χ4n) is 1.84. The fourth-order valence-corrected chi connectivity index (χ4v) is 2.89. The molecule has 0 fully saturated rings. The number of nitrogens with two attached hydrogens (primary N) is 1. The number of aromatic nitrogens is 2. The Hall–Kier alpha value is -2.06. The van der Waals surface area contributed by atoms with E-state index in [4.69, 9.17) is 10.5 Å². The van der Waals surface area contributed by atoms with Crippen molar-refractivity contribution >= 4 is 15.7 Å². The molecule has 1 aromatic heterocycles. The summed E-state index contributed by atoms with van der Waals surface area (Å²) in [6, 6.07) is 6.08. The maximum Gasteiger partial charge on any atom is 0.240 e. The van der Waals surface area contributed by atoms with E-state index in [0.29, 0.717) is 18.1 Å². The van der Waals surface area contributed by atoms with Crippen LogP contribution in [0.15, 0.2) is 29.2 Å². The second-order valence-electron chi connectivity index (χ2n) is 4.55. The fraction of sp³-hybridized carbons (Fsp3) is 0.308. The number of ether oxygens (including phenoxy) is 1. The monoisotopic (exact) mass is 310 g/mol. The third-order valence-electron chi connectivity index (χ3n) is 2.80. The summed E-state index contributed by atoms with van der Waals surface area (Å²) in [4.78, 5) is 0.104. The number of sulfonamides is 1. The number of nitrogens with one attached hydrogen (secondary N) is 1. The molecule has 0 saturated heterocycles. The summed E-state index contributed by atoms with van der Waals surface area (Å²) in [7, 11) is -1.82.